The summed E-state index contributed by atoms with van der Waals surface area (Å²) in [4.78, 5) is 11.8. The number of carboxylic acid groups (broad SMARTS) is 1. The molecule has 6 nitrogen and oxygen atoms in total. The molecule has 2 rings (SSSR count). The lowest BCUT2D eigenvalue weighted by Crippen LogP contribution is -2.54. The number of methoxy groups -OCH3 is 1. The minimum absolute atomic E-state index is 0.0762. The first-order valence-electron chi connectivity index (χ1n) is 7.23. The van der Waals surface area contributed by atoms with Crippen LogP contribution in [0.1, 0.15) is 20.3 Å². The summed E-state index contributed by atoms with van der Waals surface area (Å²) in [6, 6.07) is 4.89. The Kier molecular flexibility index (Phi) is 5.27. The first-order chi connectivity index (χ1) is 10.7. The quantitative estimate of drug-likeness (QED) is 0.886. The van der Waals surface area contributed by atoms with Crippen LogP contribution in [-0.2, 0) is 14.8 Å². The highest BCUT2D eigenvalue weighted by atomic mass is 32.2. The number of carboxylic acids is 1. The van der Waals surface area contributed by atoms with E-state index in [2.05, 4.69) is 0 Å². The van der Waals surface area contributed by atoms with Gasteiger partial charge in [0.05, 0.1) is 12.0 Å². The number of ether oxygens (including phenoxy) is 1. The lowest BCUT2D eigenvalue weighted by Gasteiger charge is -2.35. The molecule has 0 spiro atoms. The molecule has 1 fully saturated rings. The molecule has 0 aromatic heterocycles. The molecule has 0 aliphatic carbocycles. The van der Waals surface area contributed by atoms with Crippen molar-refractivity contribution >= 4 is 27.8 Å². The molecule has 1 atom stereocenters. The topological polar surface area (TPSA) is 83.9 Å². The fraction of sp³-hybridized carbons (Fsp3) is 0.533. The standard InChI is InChI=1S/C15H21NO5S2/c1-15(2)13(14(17)18)16(9-4-10-22-15)23(19,20)12-7-5-11(21-3)6-8-12/h5-8,13H,4,9-10H2,1-3H3,(H,17,18). The SMILES string of the molecule is COc1ccc(S(=O)(=O)N2CCCSC(C)(C)C2C(=O)O)cc1. The van der Waals surface area contributed by atoms with Crippen LogP contribution in [0.2, 0.25) is 0 Å². The molecule has 1 aliphatic rings. The van der Waals surface area contributed by atoms with Crippen LogP contribution in [0.4, 0.5) is 0 Å². The van der Waals surface area contributed by atoms with E-state index in [1.807, 2.05) is 0 Å². The Morgan fingerprint density at radius 1 is 1.35 bits per heavy atom. The summed E-state index contributed by atoms with van der Waals surface area (Å²) in [5.41, 5.74) is 0. The van der Waals surface area contributed by atoms with Crippen molar-refractivity contribution in [1.82, 2.24) is 4.31 Å². The van der Waals surface area contributed by atoms with Gasteiger partial charge in [-0.1, -0.05) is 0 Å². The Morgan fingerprint density at radius 2 is 1.96 bits per heavy atom. The van der Waals surface area contributed by atoms with Crippen LogP contribution >= 0.6 is 11.8 Å². The van der Waals surface area contributed by atoms with Crippen molar-refractivity contribution in [2.24, 2.45) is 0 Å². The molecule has 1 saturated heterocycles. The van der Waals surface area contributed by atoms with Gasteiger partial charge in [-0.2, -0.15) is 16.1 Å². The molecule has 128 valence electrons. The molecule has 1 unspecified atom stereocenters. The summed E-state index contributed by atoms with van der Waals surface area (Å²) >= 11 is 1.49. The third-order valence-electron chi connectivity index (χ3n) is 3.84. The first kappa shape index (κ1) is 18.1. The van der Waals surface area contributed by atoms with E-state index in [-0.39, 0.29) is 11.4 Å². The van der Waals surface area contributed by atoms with Crippen molar-refractivity contribution < 1.29 is 23.1 Å². The fourth-order valence-electron chi connectivity index (χ4n) is 2.67. The Bertz CT molecular complexity index is 670. The second-order valence-corrected chi connectivity index (χ2v) is 9.48. The highest BCUT2D eigenvalue weighted by molar-refractivity contribution is 8.00. The number of sulfonamides is 1. The van der Waals surface area contributed by atoms with Crippen LogP contribution in [0.3, 0.4) is 0 Å². The number of aliphatic carboxylic acids is 1. The van der Waals surface area contributed by atoms with Gasteiger partial charge in [0, 0.05) is 11.3 Å². The predicted octanol–water partition coefficient (Wildman–Crippen LogP) is 2.05. The van der Waals surface area contributed by atoms with Gasteiger partial charge in [-0.3, -0.25) is 4.79 Å². The Hall–Kier alpha value is -1.25. The highest BCUT2D eigenvalue weighted by Gasteiger charge is 2.46. The van der Waals surface area contributed by atoms with E-state index in [0.717, 1.165) is 10.1 Å². The second-order valence-electron chi connectivity index (χ2n) is 5.84. The van der Waals surface area contributed by atoms with Crippen LogP contribution in [0.5, 0.6) is 5.75 Å². The third kappa shape index (κ3) is 3.64. The Labute approximate surface area is 140 Å². The van der Waals surface area contributed by atoms with Crippen LogP contribution in [0, 0.1) is 0 Å². The maximum Gasteiger partial charge on any atom is 0.323 e. The molecule has 1 aliphatic heterocycles. The van der Waals surface area contributed by atoms with E-state index < -0.39 is 26.8 Å². The molecule has 8 heteroatoms. The molecule has 0 saturated carbocycles. The van der Waals surface area contributed by atoms with E-state index >= 15 is 0 Å². The van der Waals surface area contributed by atoms with Gasteiger partial charge in [0.1, 0.15) is 11.8 Å². The summed E-state index contributed by atoms with van der Waals surface area (Å²) in [6.07, 6.45) is 0.618. The van der Waals surface area contributed by atoms with Crippen molar-refractivity contribution in [3.05, 3.63) is 24.3 Å². The predicted molar refractivity (Wildman–Crippen MR) is 89.5 cm³/mol. The van der Waals surface area contributed by atoms with Crippen LogP contribution in [0.15, 0.2) is 29.2 Å². The van der Waals surface area contributed by atoms with Crippen molar-refractivity contribution in [3.8, 4) is 5.75 Å². The molecule has 23 heavy (non-hydrogen) atoms. The smallest absolute Gasteiger partial charge is 0.323 e. The molecule has 0 bridgehead atoms. The number of hydrogen-bond donors (Lipinski definition) is 1. The van der Waals surface area contributed by atoms with Gasteiger partial charge in [0.25, 0.3) is 0 Å². The maximum absolute atomic E-state index is 13.0. The number of hydrogen-bond acceptors (Lipinski definition) is 5. The number of thioether (sulfide) groups is 1. The van der Waals surface area contributed by atoms with Crippen LogP contribution in [0.25, 0.3) is 0 Å². The van der Waals surface area contributed by atoms with Gasteiger partial charge in [-0.15, -0.1) is 0 Å². The van der Waals surface area contributed by atoms with E-state index in [1.165, 1.54) is 31.0 Å². The number of rotatable bonds is 4. The van der Waals surface area contributed by atoms with Gasteiger partial charge >= 0.3 is 5.97 Å². The number of benzene rings is 1. The zero-order valence-corrected chi connectivity index (χ0v) is 15.0. The molecule has 1 aromatic rings. The van der Waals surface area contributed by atoms with Crippen molar-refractivity contribution in [2.75, 3.05) is 19.4 Å². The van der Waals surface area contributed by atoms with E-state index in [9.17, 15) is 18.3 Å². The average molecular weight is 359 g/mol. The summed E-state index contributed by atoms with van der Waals surface area (Å²) in [6.45, 7) is 3.75. The second kappa shape index (κ2) is 6.70. The minimum Gasteiger partial charge on any atom is -0.497 e. The summed E-state index contributed by atoms with van der Waals surface area (Å²) in [7, 11) is -2.39. The van der Waals surface area contributed by atoms with E-state index in [4.69, 9.17) is 4.74 Å². The first-order valence-corrected chi connectivity index (χ1v) is 9.65. The summed E-state index contributed by atoms with van der Waals surface area (Å²) < 4.78 is 31.4. The maximum atomic E-state index is 13.0. The molecule has 0 amide bonds. The van der Waals surface area contributed by atoms with Crippen molar-refractivity contribution in [1.29, 1.82) is 0 Å². The molecule has 0 radical (unpaired) electrons. The molecular formula is C15H21NO5S2. The van der Waals surface area contributed by atoms with Gasteiger partial charge < -0.3 is 9.84 Å². The largest absolute Gasteiger partial charge is 0.497 e. The zero-order chi connectivity index (χ0) is 17.3. The molecule has 1 N–H and O–H groups in total. The fourth-order valence-corrected chi connectivity index (χ4v) is 5.68. The summed E-state index contributed by atoms with van der Waals surface area (Å²) in [5.74, 6) is 0.151. The normalized spacial score (nSPS) is 22.3. The van der Waals surface area contributed by atoms with Gasteiger partial charge in [-0.25, -0.2) is 8.42 Å². The van der Waals surface area contributed by atoms with E-state index in [1.54, 1.807) is 26.0 Å². The monoisotopic (exact) mass is 359 g/mol. The zero-order valence-electron chi connectivity index (χ0n) is 13.4. The molecular weight excluding hydrogens is 338 g/mol. The minimum atomic E-state index is -3.89. The van der Waals surface area contributed by atoms with Gasteiger partial charge in [0.15, 0.2) is 0 Å². The lowest BCUT2D eigenvalue weighted by molar-refractivity contribution is -0.142. The molecule has 1 aromatic carbocycles. The summed E-state index contributed by atoms with van der Waals surface area (Å²) in [5, 5.41) is 9.62. The van der Waals surface area contributed by atoms with Crippen LogP contribution < -0.4 is 4.74 Å². The van der Waals surface area contributed by atoms with Crippen LogP contribution in [-0.4, -0.2) is 54.0 Å². The lowest BCUT2D eigenvalue weighted by atomic mass is 10.0. The van der Waals surface area contributed by atoms with E-state index in [0.29, 0.717) is 12.2 Å². The van der Waals surface area contributed by atoms with Gasteiger partial charge in [0.2, 0.25) is 10.0 Å². The van der Waals surface area contributed by atoms with Gasteiger partial charge in [-0.05, 0) is 50.3 Å². The average Bonchev–Trinajstić information content (AvgIpc) is 2.65. The number of carbonyl (C=O) groups is 1. The number of nitrogens with zero attached hydrogens (tertiary/aromatic N) is 1. The third-order valence-corrected chi connectivity index (χ3v) is 7.18. The Balaban J connectivity index is 2.47. The van der Waals surface area contributed by atoms with Crippen molar-refractivity contribution in [2.45, 2.75) is 36.0 Å². The molecule has 1 heterocycles. The van der Waals surface area contributed by atoms with Crippen molar-refractivity contribution in [3.63, 3.8) is 0 Å². The highest BCUT2D eigenvalue weighted by Crippen LogP contribution is 2.37. The Morgan fingerprint density at radius 3 is 2.48 bits per heavy atom.